The van der Waals surface area contributed by atoms with Gasteiger partial charge in [-0.25, -0.2) is 4.79 Å². The fourth-order valence-corrected chi connectivity index (χ4v) is 6.52. The Balaban J connectivity index is 1.38. The first-order valence-electron chi connectivity index (χ1n) is 12.0. The van der Waals surface area contributed by atoms with Crippen molar-refractivity contribution in [2.24, 2.45) is 11.8 Å². The summed E-state index contributed by atoms with van der Waals surface area (Å²) in [6.07, 6.45) is 8.37. The summed E-state index contributed by atoms with van der Waals surface area (Å²) in [6.45, 7) is 1.19. The van der Waals surface area contributed by atoms with Crippen molar-refractivity contribution in [3.05, 3.63) is 60.1 Å². The first-order valence-corrected chi connectivity index (χ1v) is 12.0. The molecule has 2 aliphatic heterocycles. The molecular weight excluding hydrogens is 404 g/mol. The van der Waals surface area contributed by atoms with Gasteiger partial charge < -0.3 is 19.4 Å². The fraction of sp³-hybridized carbons (Fsp3) is 0.538. The summed E-state index contributed by atoms with van der Waals surface area (Å²) in [7, 11) is 0. The molecule has 0 bridgehead atoms. The standard InChI is InChI=1S/C26H32N2O4/c29-24-11-4-10-22-21(17-19-7-2-1-3-8-19)23(12-14-26(22)13-6-15-28(24)26)32-25(30)27-18-20-9-5-16-31-20/h1-3,5,7-9,16,21-23H,4,6,10-15,17-18H2,(H,27,30)/t21-,22+,23+,26-/m1/s1. The maximum Gasteiger partial charge on any atom is 0.407 e. The summed E-state index contributed by atoms with van der Waals surface area (Å²) in [5.41, 5.74) is 1.21. The molecule has 1 saturated carbocycles. The first kappa shape index (κ1) is 21.1. The number of amides is 2. The van der Waals surface area contributed by atoms with Crippen LogP contribution < -0.4 is 5.32 Å². The van der Waals surface area contributed by atoms with E-state index < -0.39 is 6.09 Å². The second-order valence-electron chi connectivity index (χ2n) is 9.52. The number of nitrogens with zero attached hydrogens (tertiary/aromatic N) is 1. The molecule has 6 heteroatoms. The van der Waals surface area contributed by atoms with Gasteiger partial charge in [0, 0.05) is 24.4 Å². The van der Waals surface area contributed by atoms with Gasteiger partial charge >= 0.3 is 6.09 Å². The maximum atomic E-state index is 12.9. The second-order valence-corrected chi connectivity index (χ2v) is 9.52. The van der Waals surface area contributed by atoms with Gasteiger partial charge in [0.15, 0.2) is 0 Å². The lowest BCUT2D eigenvalue weighted by Crippen LogP contribution is -2.58. The number of hydrogen-bond donors (Lipinski definition) is 1. The second kappa shape index (κ2) is 9.00. The summed E-state index contributed by atoms with van der Waals surface area (Å²) >= 11 is 0. The first-order chi connectivity index (χ1) is 15.7. The summed E-state index contributed by atoms with van der Waals surface area (Å²) in [5.74, 6) is 1.58. The largest absolute Gasteiger partial charge is 0.467 e. The fourth-order valence-electron chi connectivity index (χ4n) is 6.52. The minimum absolute atomic E-state index is 0.0580. The lowest BCUT2D eigenvalue weighted by molar-refractivity contribution is -0.141. The summed E-state index contributed by atoms with van der Waals surface area (Å²) in [4.78, 5) is 27.8. The van der Waals surface area contributed by atoms with Crippen molar-refractivity contribution in [2.75, 3.05) is 6.54 Å². The van der Waals surface area contributed by atoms with E-state index in [4.69, 9.17) is 9.15 Å². The smallest absolute Gasteiger partial charge is 0.407 e. The highest BCUT2D eigenvalue weighted by Crippen LogP contribution is 2.53. The Hall–Kier alpha value is -2.76. The zero-order valence-corrected chi connectivity index (χ0v) is 18.5. The molecule has 2 saturated heterocycles. The number of nitrogens with one attached hydrogen (secondary N) is 1. The van der Waals surface area contributed by atoms with Crippen LogP contribution in [0, 0.1) is 11.8 Å². The van der Waals surface area contributed by atoms with E-state index in [9.17, 15) is 9.59 Å². The third kappa shape index (κ3) is 4.03. The monoisotopic (exact) mass is 436 g/mol. The molecule has 0 radical (unpaired) electrons. The third-order valence-corrected chi connectivity index (χ3v) is 7.84. The van der Waals surface area contributed by atoms with Gasteiger partial charge in [0.25, 0.3) is 0 Å². The molecule has 32 heavy (non-hydrogen) atoms. The zero-order valence-electron chi connectivity index (χ0n) is 18.5. The van der Waals surface area contributed by atoms with E-state index in [0.29, 0.717) is 30.6 Å². The van der Waals surface area contributed by atoms with Crippen LogP contribution in [-0.2, 0) is 22.5 Å². The van der Waals surface area contributed by atoms with Gasteiger partial charge in [-0.1, -0.05) is 30.3 Å². The number of carbonyl (C=O) groups is 2. The summed E-state index contributed by atoms with van der Waals surface area (Å²) < 4.78 is 11.3. The number of rotatable bonds is 5. The Labute approximate surface area is 189 Å². The van der Waals surface area contributed by atoms with E-state index in [1.165, 1.54) is 5.56 Å². The van der Waals surface area contributed by atoms with E-state index in [0.717, 1.165) is 51.5 Å². The highest BCUT2D eigenvalue weighted by Gasteiger charge is 2.56. The highest BCUT2D eigenvalue weighted by atomic mass is 16.6. The molecule has 2 aromatic rings. The van der Waals surface area contributed by atoms with Crippen LogP contribution in [0.2, 0.25) is 0 Å². The van der Waals surface area contributed by atoms with E-state index in [2.05, 4.69) is 34.5 Å². The molecule has 1 N–H and O–H groups in total. The number of alkyl carbamates (subject to hydrolysis) is 1. The normalized spacial score (nSPS) is 29.7. The minimum atomic E-state index is -0.395. The third-order valence-electron chi connectivity index (χ3n) is 7.84. The van der Waals surface area contributed by atoms with E-state index in [1.807, 2.05) is 12.1 Å². The topological polar surface area (TPSA) is 71.8 Å². The Kier molecular flexibility index (Phi) is 5.94. The molecule has 1 aromatic carbocycles. The number of hydrogen-bond acceptors (Lipinski definition) is 4. The number of carbonyl (C=O) groups excluding carboxylic acids is 2. The minimum Gasteiger partial charge on any atom is -0.467 e. The molecule has 6 nitrogen and oxygen atoms in total. The Morgan fingerprint density at radius 2 is 2.00 bits per heavy atom. The number of furan rings is 1. The molecule has 1 aromatic heterocycles. The van der Waals surface area contributed by atoms with E-state index in [1.54, 1.807) is 12.3 Å². The van der Waals surface area contributed by atoms with E-state index in [-0.39, 0.29) is 17.6 Å². The van der Waals surface area contributed by atoms with E-state index >= 15 is 0 Å². The zero-order chi connectivity index (χ0) is 22.0. The summed E-state index contributed by atoms with van der Waals surface area (Å²) in [6, 6.07) is 14.1. The molecule has 3 aliphatic rings. The highest BCUT2D eigenvalue weighted by molar-refractivity contribution is 5.78. The van der Waals surface area contributed by atoms with Gasteiger partial charge in [-0.2, -0.15) is 0 Å². The average Bonchev–Trinajstić information content (AvgIpc) is 3.45. The lowest BCUT2D eigenvalue weighted by atomic mass is 9.62. The van der Waals surface area contributed by atoms with Crippen LogP contribution in [0.3, 0.4) is 0 Å². The quantitative estimate of drug-likeness (QED) is 0.738. The molecule has 3 fully saturated rings. The Morgan fingerprint density at radius 1 is 1.12 bits per heavy atom. The van der Waals surface area contributed by atoms with Gasteiger partial charge in [-0.3, -0.25) is 4.79 Å². The predicted molar refractivity (Wildman–Crippen MR) is 120 cm³/mol. The van der Waals surface area contributed by atoms with Crippen molar-refractivity contribution < 1.29 is 18.7 Å². The number of ether oxygens (including phenoxy) is 1. The molecular formula is C26H32N2O4. The van der Waals surface area contributed by atoms with Crippen LogP contribution >= 0.6 is 0 Å². The van der Waals surface area contributed by atoms with Crippen molar-refractivity contribution in [3.8, 4) is 0 Å². The van der Waals surface area contributed by atoms with Gasteiger partial charge in [-0.15, -0.1) is 0 Å². The van der Waals surface area contributed by atoms with Crippen LogP contribution in [0.5, 0.6) is 0 Å². The van der Waals surface area contributed by atoms with Crippen LogP contribution in [0.4, 0.5) is 4.79 Å². The lowest BCUT2D eigenvalue weighted by Gasteiger charge is -2.52. The van der Waals surface area contributed by atoms with Crippen molar-refractivity contribution in [1.82, 2.24) is 10.2 Å². The molecule has 0 unspecified atom stereocenters. The van der Waals surface area contributed by atoms with Crippen molar-refractivity contribution in [3.63, 3.8) is 0 Å². The molecule has 3 heterocycles. The Morgan fingerprint density at radius 3 is 2.81 bits per heavy atom. The Bertz CT molecular complexity index is 929. The van der Waals surface area contributed by atoms with Crippen molar-refractivity contribution >= 4 is 12.0 Å². The van der Waals surface area contributed by atoms with Gasteiger partial charge in [0.1, 0.15) is 11.9 Å². The van der Waals surface area contributed by atoms with Crippen LogP contribution in [0.15, 0.2) is 53.1 Å². The molecule has 1 spiro atoms. The van der Waals surface area contributed by atoms with Crippen LogP contribution in [0.1, 0.15) is 56.3 Å². The molecule has 170 valence electrons. The van der Waals surface area contributed by atoms with Gasteiger partial charge in [-0.05, 0) is 68.6 Å². The van der Waals surface area contributed by atoms with Gasteiger partial charge in [0.05, 0.1) is 12.8 Å². The van der Waals surface area contributed by atoms with Crippen LogP contribution in [0.25, 0.3) is 0 Å². The van der Waals surface area contributed by atoms with Gasteiger partial charge in [0.2, 0.25) is 5.91 Å². The SMILES string of the molecule is O=C(NCc1ccco1)O[C@H]1CC[C@@]23CCCN2C(=O)CCC[C@H]3[C@H]1Cc1ccccc1. The molecule has 1 aliphatic carbocycles. The molecule has 2 amide bonds. The van der Waals surface area contributed by atoms with Crippen LogP contribution in [-0.4, -0.2) is 35.1 Å². The molecule has 5 rings (SSSR count). The van der Waals surface area contributed by atoms with Crippen molar-refractivity contribution in [1.29, 1.82) is 0 Å². The predicted octanol–water partition coefficient (Wildman–Crippen LogP) is 4.69. The average molecular weight is 437 g/mol. The molecule has 4 atom stereocenters. The van der Waals surface area contributed by atoms with Crippen molar-refractivity contribution in [2.45, 2.75) is 69.6 Å². The number of benzene rings is 1. The summed E-state index contributed by atoms with van der Waals surface area (Å²) in [5, 5.41) is 2.83. The maximum absolute atomic E-state index is 12.9.